The molecule has 1 amide bonds. The van der Waals surface area contributed by atoms with E-state index in [9.17, 15) is 13.6 Å². The number of amides is 1. The zero-order valence-electron chi connectivity index (χ0n) is 9.78. The number of hydrogen-bond acceptors (Lipinski definition) is 3. The fraction of sp³-hybridized carbons (Fsp3) is 0.364. The van der Waals surface area contributed by atoms with Gasteiger partial charge in [-0.25, -0.2) is 13.6 Å². The van der Waals surface area contributed by atoms with Crippen LogP contribution in [0.2, 0.25) is 0 Å². The Bertz CT molecular complexity index is 487. The van der Waals surface area contributed by atoms with Crippen LogP contribution < -0.4 is 10.1 Å². The first-order chi connectivity index (χ1) is 8.44. The van der Waals surface area contributed by atoms with E-state index in [0.717, 1.165) is 0 Å². The molecule has 0 aromatic heterocycles. The van der Waals surface area contributed by atoms with Crippen LogP contribution in [0.25, 0.3) is 0 Å². The summed E-state index contributed by atoms with van der Waals surface area (Å²) in [5, 5.41) is 2.11. The van der Waals surface area contributed by atoms with Crippen molar-refractivity contribution in [1.82, 2.24) is 5.32 Å². The van der Waals surface area contributed by atoms with E-state index in [-0.39, 0.29) is 23.7 Å². The van der Waals surface area contributed by atoms with Crippen LogP contribution in [0.3, 0.4) is 0 Å². The molecule has 1 aromatic rings. The van der Waals surface area contributed by atoms with Gasteiger partial charge in [0.1, 0.15) is 11.8 Å². The smallest absolute Gasteiger partial charge is 0.408 e. The molecule has 0 unspecified atom stereocenters. The van der Waals surface area contributed by atoms with Crippen LogP contribution in [0.5, 0.6) is 5.75 Å². The van der Waals surface area contributed by atoms with E-state index in [2.05, 4.69) is 26.0 Å². The first kappa shape index (κ1) is 16.0. The summed E-state index contributed by atoms with van der Waals surface area (Å²) in [5.74, 6) is -2.91. The number of alkyl halides is 2. The van der Waals surface area contributed by atoms with Crippen LogP contribution in [0.4, 0.5) is 13.6 Å². The fourth-order valence-corrected chi connectivity index (χ4v) is 2.08. The molecule has 0 saturated carbocycles. The van der Waals surface area contributed by atoms with Crippen LogP contribution in [0.15, 0.2) is 22.7 Å². The Morgan fingerprint density at radius 1 is 1.53 bits per heavy atom. The molecule has 19 heavy (non-hydrogen) atoms. The summed E-state index contributed by atoms with van der Waals surface area (Å²) in [7, 11) is 1.38. The highest BCUT2D eigenvalue weighted by atomic mass is 79.9. The van der Waals surface area contributed by atoms with E-state index < -0.39 is 24.7 Å². The van der Waals surface area contributed by atoms with Crippen LogP contribution in [-0.4, -0.2) is 25.7 Å². The largest absolute Gasteiger partial charge is 0.496 e. The maximum Gasteiger partial charge on any atom is 0.408 e. The molecule has 1 aromatic carbocycles. The van der Waals surface area contributed by atoms with Crippen molar-refractivity contribution in [1.29, 1.82) is 0 Å². The first-order valence-corrected chi connectivity index (χ1v) is 5.88. The first-order valence-electron chi connectivity index (χ1n) is 5.08. The molecule has 1 aliphatic rings. The van der Waals surface area contributed by atoms with Gasteiger partial charge in [0.05, 0.1) is 7.11 Å². The van der Waals surface area contributed by atoms with Gasteiger partial charge in [-0.1, -0.05) is 22.0 Å². The number of hydrogen-bond donors (Lipinski definition) is 1. The molecule has 0 aliphatic carbocycles. The van der Waals surface area contributed by atoms with Gasteiger partial charge in [-0.2, -0.15) is 0 Å². The molecule has 8 heteroatoms. The second-order valence-corrected chi connectivity index (χ2v) is 4.72. The topological polar surface area (TPSA) is 47.6 Å². The Hall–Kier alpha value is -1.08. The molecule has 106 valence electrons. The monoisotopic (exact) mass is 357 g/mol. The Labute approximate surface area is 123 Å². The predicted molar refractivity (Wildman–Crippen MR) is 70.1 cm³/mol. The summed E-state index contributed by atoms with van der Waals surface area (Å²) >= 11 is 3.22. The van der Waals surface area contributed by atoms with Gasteiger partial charge in [-0.05, 0) is 12.1 Å². The van der Waals surface area contributed by atoms with Gasteiger partial charge in [0.25, 0.3) is 0 Å². The van der Waals surface area contributed by atoms with Crippen LogP contribution >= 0.6 is 28.3 Å². The van der Waals surface area contributed by atoms with Crippen molar-refractivity contribution in [3.05, 3.63) is 28.2 Å². The van der Waals surface area contributed by atoms with Crippen molar-refractivity contribution >= 4 is 34.4 Å². The van der Waals surface area contributed by atoms with Gasteiger partial charge in [0.15, 0.2) is 6.61 Å². The Morgan fingerprint density at radius 2 is 2.21 bits per heavy atom. The third-order valence-corrected chi connectivity index (χ3v) is 3.08. The fourth-order valence-electron chi connectivity index (χ4n) is 1.74. The van der Waals surface area contributed by atoms with E-state index >= 15 is 0 Å². The molecule has 2 rings (SSSR count). The third-order valence-electron chi connectivity index (χ3n) is 2.59. The second-order valence-electron chi connectivity index (χ2n) is 3.80. The summed E-state index contributed by atoms with van der Waals surface area (Å²) in [5.41, 5.74) is 0.211. The third kappa shape index (κ3) is 3.27. The van der Waals surface area contributed by atoms with Crippen molar-refractivity contribution in [3.8, 4) is 5.75 Å². The lowest BCUT2D eigenvalue weighted by Gasteiger charge is -2.32. The second kappa shape index (κ2) is 5.92. The maximum atomic E-state index is 13.7. The predicted octanol–water partition coefficient (Wildman–Crippen LogP) is 3.30. The van der Waals surface area contributed by atoms with Crippen molar-refractivity contribution in [2.75, 3.05) is 13.7 Å². The number of cyclic esters (lactones) is 1. The van der Waals surface area contributed by atoms with Gasteiger partial charge < -0.3 is 14.8 Å². The lowest BCUT2D eigenvalue weighted by molar-refractivity contribution is -0.104. The number of ether oxygens (including phenoxy) is 2. The quantitative estimate of drug-likeness (QED) is 0.882. The van der Waals surface area contributed by atoms with Gasteiger partial charge in [0.2, 0.25) is 0 Å². The van der Waals surface area contributed by atoms with Crippen LogP contribution in [-0.2, 0) is 4.74 Å². The number of benzene rings is 1. The number of carbonyl (C=O) groups is 1. The summed E-state index contributed by atoms with van der Waals surface area (Å²) in [6.07, 6.45) is -0.865. The maximum absolute atomic E-state index is 13.7. The van der Waals surface area contributed by atoms with Crippen molar-refractivity contribution in [3.63, 3.8) is 0 Å². The Morgan fingerprint density at radius 3 is 2.84 bits per heavy atom. The van der Waals surface area contributed by atoms with Gasteiger partial charge >= 0.3 is 12.0 Å². The lowest BCUT2D eigenvalue weighted by Crippen LogP contribution is -2.49. The van der Waals surface area contributed by atoms with E-state index in [0.29, 0.717) is 4.47 Å². The number of methoxy groups -OCH3 is 1. The lowest BCUT2D eigenvalue weighted by atomic mass is 9.99. The summed E-state index contributed by atoms with van der Waals surface area (Å²) in [4.78, 5) is 11.1. The average Bonchev–Trinajstić information content (AvgIpc) is 2.32. The molecule has 0 radical (unpaired) electrons. The molecule has 1 N–H and O–H groups in total. The summed E-state index contributed by atoms with van der Waals surface area (Å²) < 4.78 is 37.5. The molecule has 1 atom stereocenters. The van der Waals surface area contributed by atoms with Crippen molar-refractivity contribution < 1.29 is 23.0 Å². The zero-order valence-corrected chi connectivity index (χ0v) is 12.2. The molecule has 1 saturated heterocycles. The minimum atomic E-state index is -3.19. The molecular formula is C11H11BrClF2NO3. The van der Waals surface area contributed by atoms with E-state index in [1.165, 1.54) is 13.2 Å². The number of alkyl carbamates (subject to hydrolysis) is 1. The van der Waals surface area contributed by atoms with Gasteiger partial charge in [0, 0.05) is 10.0 Å². The van der Waals surface area contributed by atoms with E-state index in [1.807, 2.05) is 0 Å². The van der Waals surface area contributed by atoms with Gasteiger partial charge in [-0.15, -0.1) is 12.4 Å². The molecular weight excluding hydrogens is 347 g/mol. The Balaban J connectivity index is 0.00000180. The molecule has 4 nitrogen and oxygen atoms in total. The molecule has 0 spiro atoms. The Kier molecular flexibility index (Phi) is 4.98. The van der Waals surface area contributed by atoms with E-state index in [4.69, 9.17) is 4.74 Å². The highest BCUT2D eigenvalue weighted by Gasteiger charge is 2.47. The normalized spacial score (nSPS) is 20.8. The minimum Gasteiger partial charge on any atom is -0.496 e. The summed E-state index contributed by atoms with van der Waals surface area (Å²) in [6, 6.07) is 3.19. The zero-order chi connectivity index (χ0) is 13.3. The van der Waals surface area contributed by atoms with Crippen molar-refractivity contribution in [2.45, 2.75) is 12.0 Å². The number of halogens is 4. The number of nitrogens with one attached hydrogen (secondary N) is 1. The highest BCUT2D eigenvalue weighted by molar-refractivity contribution is 9.10. The molecule has 1 heterocycles. The standard InChI is InChI=1S/C11H10BrF2NO3.ClH/c1-17-8-4-6(12)2-3-7(8)9-11(13,14)5-18-10(16)15-9;/h2-4,9H,5H2,1H3,(H,15,16);1H/t9-;/m0./s1. The molecule has 1 fully saturated rings. The van der Waals surface area contributed by atoms with Crippen molar-refractivity contribution in [2.24, 2.45) is 0 Å². The molecule has 1 aliphatic heterocycles. The number of carbonyl (C=O) groups excluding carboxylic acids is 1. The minimum absolute atomic E-state index is 0. The summed E-state index contributed by atoms with van der Waals surface area (Å²) in [6.45, 7) is -0.942. The van der Waals surface area contributed by atoms with E-state index in [1.54, 1.807) is 12.1 Å². The highest BCUT2D eigenvalue weighted by Crippen LogP contribution is 2.39. The van der Waals surface area contributed by atoms with Crippen LogP contribution in [0, 0.1) is 0 Å². The van der Waals surface area contributed by atoms with Gasteiger partial charge in [-0.3, -0.25) is 0 Å². The average molecular weight is 359 g/mol. The number of rotatable bonds is 2. The van der Waals surface area contributed by atoms with Crippen LogP contribution in [0.1, 0.15) is 11.6 Å². The SMILES string of the molecule is COc1cc(Br)ccc1[C@@H]1NC(=O)OCC1(F)F.Cl. The molecule has 0 bridgehead atoms.